The summed E-state index contributed by atoms with van der Waals surface area (Å²) in [6, 6.07) is 2.36. The first-order chi connectivity index (χ1) is 20.7. The van der Waals surface area contributed by atoms with Gasteiger partial charge in [0.05, 0.1) is 8.07 Å². The summed E-state index contributed by atoms with van der Waals surface area (Å²) in [6.45, 7) is 3.97. The van der Waals surface area contributed by atoms with Gasteiger partial charge in [-0.3, -0.25) is 0 Å². The highest BCUT2D eigenvalue weighted by Crippen LogP contribution is 2.66. The molecule has 0 saturated heterocycles. The second kappa shape index (κ2) is 12.5. The van der Waals surface area contributed by atoms with Crippen molar-refractivity contribution in [2.45, 2.75) is 103 Å². The molecule has 1 atom stereocenters. The van der Waals surface area contributed by atoms with Crippen LogP contribution in [0.25, 0.3) is 0 Å². The molecule has 1 aromatic carbocycles. The quantitative estimate of drug-likeness (QED) is 0.112. The molecule has 0 radical (unpaired) electrons. The lowest BCUT2D eigenvalue weighted by Gasteiger charge is -2.44. The first-order valence-corrected chi connectivity index (χ1v) is 16.3. The van der Waals surface area contributed by atoms with Crippen LogP contribution >= 0.6 is 12.6 Å². The van der Waals surface area contributed by atoms with E-state index >= 15 is 0 Å². The predicted octanol–water partition coefficient (Wildman–Crippen LogP) is 10.2. The van der Waals surface area contributed by atoms with E-state index in [-0.39, 0.29) is 16.1 Å². The summed E-state index contributed by atoms with van der Waals surface area (Å²) in [7, 11) is -0.259. The number of hydrogen-bond acceptors (Lipinski definition) is 2. The number of benzene rings is 1. The maximum Gasteiger partial charge on any atom is 0.460 e. The Morgan fingerprint density at radius 3 is 1.23 bits per heavy atom. The summed E-state index contributed by atoms with van der Waals surface area (Å²) < 4.78 is 286. The molecule has 0 aromatic heterocycles. The molecule has 0 spiro atoms. The van der Waals surface area contributed by atoms with Crippen molar-refractivity contribution >= 4 is 25.9 Å². The number of nitrogens with zero attached hydrogens (tertiary/aromatic N) is 1. The number of alkyl halides is 21. The van der Waals surface area contributed by atoms with Crippen LogP contribution in [0.4, 0.5) is 92.2 Å². The van der Waals surface area contributed by atoms with E-state index in [4.69, 9.17) is 0 Å². The molecule has 48 heavy (non-hydrogen) atoms. The fraction of sp³-hybridized carbons (Fsp3) is 0.750. The fourth-order valence-electron chi connectivity index (χ4n) is 3.96. The van der Waals surface area contributed by atoms with Gasteiger partial charge in [0.2, 0.25) is 0 Å². The zero-order chi connectivity index (χ0) is 38.9. The van der Waals surface area contributed by atoms with Crippen LogP contribution in [0.1, 0.15) is 24.9 Å². The van der Waals surface area contributed by atoms with Crippen LogP contribution in [0.5, 0.6) is 0 Å². The standard InChI is InChI=1S/C24H24F21NSSi/c1-11(46(2)3)13-7-6-12(10-14(13)47)48(4,5)9-8-15(25,26)16(27,28)17(29,30)18(31,32)19(33,34)20(35,36)21(37,38)22(39,40)23(41,42)24(43,44)45/h6-7,10-11,47H,8-9H2,1-5H3/t11-/m1/s1. The van der Waals surface area contributed by atoms with Crippen molar-refractivity contribution < 1.29 is 92.2 Å². The Bertz CT molecular complexity index is 1300. The lowest BCUT2D eigenvalue weighted by molar-refractivity contribution is -0.474. The molecule has 0 aliphatic carbocycles. The van der Waals surface area contributed by atoms with Crippen LogP contribution in [-0.4, -0.2) is 86.5 Å². The Hall–Kier alpha value is -1.72. The summed E-state index contributed by atoms with van der Waals surface area (Å²) in [6.07, 6.45) is -10.6. The van der Waals surface area contributed by atoms with Crippen LogP contribution in [0.15, 0.2) is 23.1 Å². The number of rotatable bonds is 14. The minimum absolute atomic E-state index is 0.100. The Morgan fingerprint density at radius 2 is 0.917 bits per heavy atom. The van der Waals surface area contributed by atoms with Crippen molar-refractivity contribution in [1.82, 2.24) is 4.90 Å². The van der Waals surface area contributed by atoms with E-state index in [2.05, 4.69) is 12.6 Å². The second-order valence-electron chi connectivity index (χ2n) is 11.6. The molecule has 0 saturated carbocycles. The second-order valence-corrected chi connectivity index (χ2v) is 16.9. The summed E-state index contributed by atoms with van der Waals surface area (Å²) in [4.78, 5) is 1.90. The Kier molecular flexibility index (Phi) is 11.5. The third-order valence-electron chi connectivity index (χ3n) is 7.68. The molecule has 1 aromatic rings. The lowest BCUT2D eigenvalue weighted by Crippen LogP contribution is -2.76. The zero-order valence-electron chi connectivity index (χ0n) is 24.6. The predicted molar refractivity (Wildman–Crippen MR) is 133 cm³/mol. The molecule has 0 bridgehead atoms. The minimum Gasteiger partial charge on any atom is -0.303 e. The summed E-state index contributed by atoms with van der Waals surface area (Å²) in [5.74, 6) is -76.8. The molecular formula is C24H24F21NSSi. The Morgan fingerprint density at radius 1 is 0.583 bits per heavy atom. The Balaban J connectivity index is 3.59. The monoisotopic (exact) mass is 785 g/mol. The molecule has 1 nitrogen and oxygen atoms in total. The molecule has 282 valence electrons. The smallest absolute Gasteiger partial charge is 0.303 e. The van der Waals surface area contributed by atoms with Crippen LogP contribution in [0.3, 0.4) is 0 Å². The molecule has 0 heterocycles. The summed E-state index contributed by atoms with van der Waals surface area (Å²) in [5.41, 5.74) is 0.541. The fourth-order valence-corrected chi connectivity index (χ4v) is 6.78. The van der Waals surface area contributed by atoms with Gasteiger partial charge in [0, 0.05) is 17.4 Å². The SMILES string of the molecule is C[C@H](c1ccc([Si](C)(C)CCC(F)(F)C(F)(F)C(F)(F)C(F)(F)C(F)(F)C(F)(F)C(F)(F)C(F)(F)C(F)(F)C(F)(F)F)cc1S)N(C)C. The summed E-state index contributed by atoms with van der Waals surface area (Å²) in [5, 5.41) is 0.100. The van der Waals surface area contributed by atoms with Crippen molar-refractivity contribution in [3.63, 3.8) is 0 Å². The highest BCUT2D eigenvalue weighted by atomic mass is 32.1. The first kappa shape index (κ1) is 44.3. The van der Waals surface area contributed by atoms with E-state index in [0.29, 0.717) is 5.56 Å². The minimum atomic E-state index is -9.17. The van der Waals surface area contributed by atoms with Crippen LogP contribution in [0.2, 0.25) is 19.1 Å². The van der Waals surface area contributed by atoms with Crippen molar-refractivity contribution in [3.05, 3.63) is 23.8 Å². The van der Waals surface area contributed by atoms with Gasteiger partial charge in [-0.25, -0.2) is 0 Å². The molecule has 1 rings (SSSR count). The maximum absolute atomic E-state index is 14.5. The van der Waals surface area contributed by atoms with Gasteiger partial charge in [0.1, 0.15) is 0 Å². The van der Waals surface area contributed by atoms with Gasteiger partial charge in [-0.15, -0.1) is 12.6 Å². The average Bonchev–Trinajstić information content (AvgIpc) is 2.89. The van der Waals surface area contributed by atoms with Gasteiger partial charge in [0.15, 0.2) is 0 Å². The first-order valence-electron chi connectivity index (χ1n) is 12.7. The van der Waals surface area contributed by atoms with E-state index < -0.39 is 80.0 Å². The van der Waals surface area contributed by atoms with E-state index in [0.717, 1.165) is 13.1 Å². The van der Waals surface area contributed by atoms with Gasteiger partial charge in [-0.1, -0.05) is 30.4 Å². The highest BCUT2D eigenvalue weighted by molar-refractivity contribution is 7.80. The van der Waals surface area contributed by atoms with Gasteiger partial charge in [0.25, 0.3) is 0 Å². The van der Waals surface area contributed by atoms with Crippen molar-refractivity contribution in [2.24, 2.45) is 0 Å². The number of thiol groups is 1. The van der Waals surface area contributed by atoms with Crippen molar-refractivity contribution in [2.75, 3.05) is 14.1 Å². The van der Waals surface area contributed by atoms with Gasteiger partial charge >= 0.3 is 59.5 Å². The molecule has 0 aliphatic heterocycles. The van der Waals surface area contributed by atoms with E-state index in [1.54, 1.807) is 25.9 Å². The largest absolute Gasteiger partial charge is 0.460 e. The highest BCUT2D eigenvalue weighted by Gasteiger charge is 2.97. The van der Waals surface area contributed by atoms with Gasteiger partial charge in [-0.05, 0) is 38.7 Å². The van der Waals surface area contributed by atoms with Crippen molar-refractivity contribution in [3.8, 4) is 0 Å². The number of hydrogen-bond donors (Lipinski definition) is 1. The topological polar surface area (TPSA) is 3.24 Å². The van der Waals surface area contributed by atoms with E-state index in [1.165, 1.54) is 18.2 Å². The van der Waals surface area contributed by atoms with Crippen LogP contribution in [-0.2, 0) is 0 Å². The van der Waals surface area contributed by atoms with Crippen LogP contribution in [0, 0.1) is 0 Å². The van der Waals surface area contributed by atoms with Crippen molar-refractivity contribution in [1.29, 1.82) is 0 Å². The molecule has 0 unspecified atom stereocenters. The maximum atomic E-state index is 14.5. The molecule has 0 amide bonds. The molecule has 0 aliphatic rings. The average molecular weight is 786 g/mol. The molecule has 24 heteroatoms. The zero-order valence-corrected chi connectivity index (χ0v) is 26.4. The Labute approximate surface area is 264 Å². The van der Waals surface area contributed by atoms with E-state index in [9.17, 15) is 92.2 Å². The lowest BCUT2D eigenvalue weighted by atomic mass is 9.86. The van der Waals surface area contributed by atoms with Gasteiger partial charge < -0.3 is 4.90 Å². The third kappa shape index (κ3) is 6.46. The van der Waals surface area contributed by atoms with Crippen LogP contribution < -0.4 is 5.19 Å². The molecule has 0 fully saturated rings. The molecular weight excluding hydrogens is 761 g/mol. The number of halogens is 21. The summed E-state index contributed by atoms with van der Waals surface area (Å²) >= 11 is 4.21. The molecule has 0 N–H and O–H groups in total. The normalized spacial score (nSPS) is 16.5. The van der Waals surface area contributed by atoms with Gasteiger partial charge in [-0.2, -0.15) is 92.2 Å². The van der Waals surface area contributed by atoms with E-state index in [1.807, 2.05) is 0 Å². The third-order valence-corrected chi connectivity index (χ3v) is 11.4.